The second kappa shape index (κ2) is 6.09. The number of hydrogen-bond acceptors (Lipinski definition) is 3. The van der Waals surface area contributed by atoms with E-state index in [0.717, 1.165) is 29.7 Å². The van der Waals surface area contributed by atoms with Crippen LogP contribution in [0.5, 0.6) is 0 Å². The molecule has 1 amide bonds. The van der Waals surface area contributed by atoms with Crippen molar-refractivity contribution in [2.75, 3.05) is 13.1 Å². The Labute approximate surface area is 143 Å². The largest absolute Gasteiger partial charge is 0.337 e. The zero-order chi connectivity index (χ0) is 15.8. The van der Waals surface area contributed by atoms with E-state index in [0.29, 0.717) is 17.6 Å². The smallest absolute Gasteiger partial charge is 0.257 e. The van der Waals surface area contributed by atoms with Gasteiger partial charge >= 0.3 is 0 Å². The molecule has 23 heavy (non-hydrogen) atoms. The Morgan fingerprint density at radius 3 is 2.78 bits per heavy atom. The van der Waals surface area contributed by atoms with E-state index in [9.17, 15) is 4.79 Å². The first-order valence-electron chi connectivity index (χ1n) is 8.05. The predicted molar refractivity (Wildman–Crippen MR) is 91.7 cm³/mol. The molecule has 1 N–H and O–H groups in total. The van der Waals surface area contributed by atoms with Crippen molar-refractivity contribution in [3.8, 4) is 5.69 Å². The second-order valence-corrected chi connectivity index (χ2v) is 7.24. The van der Waals surface area contributed by atoms with Crippen molar-refractivity contribution >= 4 is 21.8 Å². The molecule has 0 spiro atoms. The zero-order valence-corrected chi connectivity index (χ0v) is 14.4. The van der Waals surface area contributed by atoms with E-state index >= 15 is 0 Å². The van der Waals surface area contributed by atoms with Crippen LogP contribution in [0.1, 0.15) is 29.6 Å². The molecule has 0 aliphatic carbocycles. The molecule has 5 nitrogen and oxygen atoms in total. The van der Waals surface area contributed by atoms with Crippen molar-refractivity contribution in [3.05, 3.63) is 46.7 Å². The van der Waals surface area contributed by atoms with Gasteiger partial charge in [-0.2, -0.15) is 5.10 Å². The fraction of sp³-hybridized carbons (Fsp3) is 0.412. The van der Waals surface area contributed by atoms with Crippen molar-refractivity contribution in [2.45, 2.75) is 31.3 Å². The Hall–Kier alpha value is -1.66. The van der Waals surface area contributed by atoms with Crippen LogP contribution in [-0.4, -0.2) is 45.8 Å². The monoisotopic (exact) mass is 374 g/mol. The molecule has 4 rings (SSSR count). The molecule has 2 fully saturated rings. The molecule has 120 valence electrons. The Morgan fingerprint density at radius 2 is 1.96 bits per heavy atom. The van der Waals surface area contributed by atoms with Gasteiger partial charge in [0.25, 0.3) is 5.91 Å². The third-order valence-corrected chi connectivity index (χ3v) is 5.26. The first kappa shape index (κ1) is 14.9. The normalized spacial score (nSPS) is 23.8. The first-order chi connectivity index (χ1) is 11.2. The maximum atomic E-state index is 12.8. The van der Waals surface area contributed by atoms with Gasteiger partial charge in [0.15, 0.2) is 0 Å². The first-order valence-corrected chi connectivity index (χ1v) is 8.84. The number of rotatable bonds is 2. The number of nitrogens with zero attached hydrogens (tertiary/aromatic N) is 3. The van der Waals surface area contributed by atoms with Crippen molar-refractivity contribution < 1.29 is 4.79 Å². The summed E-state index contributed by atoms with van der Waals surface area (Å²) >= 11 is 3.43. The molecular weight excluding hydrogens is 356 g/mol. The van der Waals surface area contributed by atoms with Gasteiger partial charge in [0.2, 0.25) is 0 Å². The van der Waals surface area contributed by atoms with Gasteiger partial charge in [-0.1, -0.05) is 15.9 Å². The number of hydrogen-bond donors (Lipinski definition) is 1. The van der Waals surface area contributed by atoms with Crippen LogP contribution in [0, 0.1) is 0 Å². The molecule has 6 heteroatoms. The molecule has 2 unspecified atom stereocenters. The third kappa shape index (κ3) is 3.05. The molecule has 2 atom stereocenters. The Balaban J connectivity index is 1.51. The lowest BCUT2D eigenvalue weighted by Gasteiger charge is -2.23. The molecule has 2 aliphatic heterocycles. The summed E-state index contributed by atoms with van der Waals surface area (Å²) in [7, 11) is 0. The lowest BCUT2D eigenvalue weighted by atomic mass is 10.1. The van der Waals surface area contributed by atoms with Gasteiger partial charge in [-0.25, -0.2) is 4.68 Å². The van der Waals surface area contributed by atoms with Crippen molar-refractivity contribution in [1.82, 2.24) is 20.0 Å². The van der Waals surface area contributed by atoms with E-state index in [2.05, 4.69) is 26.3 Å². The molecule has 2 aliphatic rings. The van der Waals surface area contributed by atoms with E-state index in [-0.39, 0.29) is 5.91 Å². The van der Waals surface area contributed by atoms with Gasteiger partial charge in [0, 0.05) is 35.8 Å². The van der Waals surface area contributed by atoms with Crippen molar-refractivity contribution in [1.29, 1.82) is 0 Å². The summed E-state index contributed by atoms with van der Waals surface area (Å²) in [5.74, 6) is 0.0858. The minimum atomic E-state index is 0.0858. The lowest BCUT2D eigenvalue weighted by molar-refractivity contribution is 0.0748. The maximum Gasteiger partial charge on any atom is 0.257 e. The average molecular weight is 375 g/mol. The van der Waals surface area contributed by atoms with Crippen LogP contribution in [0.4, 0.5) is 0 Å². The van der Waals surface area contributed by atoms with Crippen molar-refractivity contribution in [2.24, 2.45) is 0 Å². The number of fused-ring (bicyclic) bond motifs is 2. The van der Waals surface area contributed by atoms with Crippen LogP contribution in [0.25, 0.3) is 5.69 Å². The number of carbonyl (C=O) groups is 1. The van der Waals surface area contributed by atoms with Crippen LogP contribution in [-0.2, 0) is 0 Å². The summed E-state index contributed by atoms with van der Waals surface area (Å²) < 4.78 is 2.78. The standard InChI is InChI=1S/C17H19BrN4O/c18-13-1-5-16(6-2-13)22-10-12(9-19-22)17(23)21-8-7-14-3-4-15(11-21)20-14/h1-2,5-6,9-10,14-15,20H,3-4,7-8,11H2. The highest BCUT2D eigenvalue weighted by atomic mass is 79.9. The summed E-state index contributed by atoms with van der Waals surface area (Å²) in [6, 6.07) is 8.92. The fourth-order valence-electron chi connectivity index (χ4n) is 3.48. The van der Waals surface area contributed by atoms with Crippen LogP contribution >= 0.6 is 15.9 Å². The highest BCUT2D eigenvalue weighted by Gasteiger charge is 2.31. The Bertz CT molecular complexity index is 712. The Morgan fingerprint density at radius 1 is 1.17 bits per heavy atom. The van der Waals surface area contributed by atoms with Gasteiger partial charge in [-0.05, 0) is 43.5 Å². The highest BCUT2D eigenvalue weighted by Crippen LogP contribution is 2.22. The van der Waals surface area contributed by atoms with Crippen molar-refractivity contribution in [3.63, 3.8) is 0 Å². The van der Waals surface area contributed by atoms with E-state index in [1.807, 2.05) is 35.4 Å². The quantitative estimate of drug-likeness (QED) is 0.878. The molecule has 1 aromatic carbocycles. The average Bonchev–Trinajstić information content (AvgIpc) is 3.14. The molecule has 2 aromatic rings. The van der Waals surface area contributed by atoms with Gasteiger partial charge in [0.05, 0.1) is 17.4 Å². The summed E-state index contributed by atoms with van der Waals surface area (Å²) in [6.45, 7) is 1.63. The number of amides is 1. The van der Waals surface area contributed by atoms with E-state index in [1.54, 1.807) is 10.9 Å². The summed E-state index contributed by atoms with van der Waals surface area (Å²) in [4.78, 5) is 14.7. The summed E-state index contributed by atoms with van der Waals surface area (Å²) in [5.41, 5.74) is 1.61. The summed E-state index contributed by atoms with van der Waals surface area (Å²) in [5, 5.41) is 7.95. The van der Waals surface area contributed by atoms with Gasteiger partial charge in [-0.15, -0.1) is 0 Å². The van der Waals surface area contributed by atoms with Crippen LogP contribution in [0.3, 0.4) is 0 Å². The number of likely N-dealkylation sites (tertiary alicyclic amines) is 1. The van der Waals surface area contributed by atoms with Crippen LogP contribution in [0.15, 0.2) is 41.1 Å². The minimum Gasteiger partial charge on any atom is -0.337 e. The SMILES string of the molecule is O=C(c1cnn(-c2ccc(Br)cc2)c1)N1CCC2CCC(C1)N2. The number of benzene rings is 1. The highest BCUT2D eigenvalue weighted by molar-refractivity contribution is 9.10. The topological polar surface area (TPSA) is 50.2 Å². The number of carbonyl (C=O) groups excluding carboxylic acids is 1. The molecule has 0 saturated carbocycles. The van der Waals surface area contributed by atoms with E-state index < -0.39 is 0 Å². The van der Waals surface area contributed by atoms with Gasteiger partial charge in [-0.3, -0.25) is 4.79 Å². The molecule has 3 heterocycles. The maximum absolute atomic E-state index is 12.8. The molecule has 0 radical (unpaired) electrons. The van der Waals surface area contributed by atoms with Crippen LogP contribution in [0.2, 0.25) is 0 Å². The molecule has 2 saturated heterocycles. The van der Waals surface area contributed by atoms with Crippen LogP contribution < -0.4 is 5.32 Å². The minimum absolute atomic E-state index is 0.0858. The lowest BCUT2D eigenvalue weighted by Crippen LogP contribution is -2.38. The number of halogens is 1. The number of aromatic nitrogens is 2. The number of nitrogens with one attached hydrogen (secondary N) is 1. The summed E-state index contributed by atoms with van der Waals surface area (Å²) in [6.07, 6.45) is 6.95. The second-order valence-electron chi connectivity index (χ2n) is 6.33. The molecule has 1 aromatic heterocycles. The third-order valence-electron chi connectivity index (χ3n) is 4.73. The van der Waals surface area contributed by atoms with Gasteiger partial charge in [0.1, 0.15) is 0 Å². The van der Waals surface area contributed by atoms with Gasteiger partial charge < -0.3 is 10.2 Å². The zero-order valence-electron chi connectivity index (χ0n) is 12.8. The fourth-order valence-corrected chi connectivity index (χ4v) is 3.74. The Kier molecular flexibility index (Phi) is 3.95. The van der Waals surface area contributed by atoms with E-state index in [4.69, 9.17) is 0 Å². The van der Waals surface area contributed by atoms with E-state index in [1.165, 1.54) is 12.8 Å². The molecular formula is C17H19BrN4O. The molecule has 2 bridgehead atoms. The predicted octanol–water partition coefficient (Wildman–Crippen LogP) is 2.60.